The molecule has 0 radical (unpaired) electrons. The topological polar surface area (TPSA) is 129 Å². The van der Waals surface area contributed by atoms with Gasteiger partial charge >= 0.3 is 0 Å². The molecule has 0 bridgehead atoms. The zero-order chi connectivity index (χ0) is 65.1. The first-order chi connectivity index (χ1) is 48.5. The molecule has 98 heavy (non-hydrogen) atoms. The Morgan fingerprint density at radius 3 is 1.03 bits per heavy atom. The normalized spacial score (nSPS) is 11.6. The Balaban J connectivity index is 0.000000147. The Hall–Kier alpha value is -13.2. The summed E-state index contributed by atoms with van der Waals surface area (Å²) in [7, 11) is 0. The minimum atomic E-state index is 0.608. The average molecular weight is 1260 g/mol. The molecule has 2 aliphatic rings. The molecule has 0 spiro atoms. The summed E-state index contributed by atoms with van der Waals surface area (Å²) in [4.78, 5) is 49.0. The summed E-state index contributed by atoms with van der Waals surface area (Å²) in [5, 5.41) is 0. The van der Waals surface area contributed by atoms with E-state index in [4.69, 9.17) is 44.9 Å². The third-order valence-corrected chi connectivity index (χ3v) is 18.2. The van der Waals surface area contributed by atoms with Gasteiger partial charge in [0.05, 0.1) is 22.8 Å². The number of nitrogens with zero attached hydrogens (tertiary/aromatic N) is 10. The molecule has 16 aromatic rings. The number of benzene rings is 12. The van der Waals surface area contributed by atoms with Gasteiger partial charge in [-0.2, -0.15) is 0 Å². The van der Waals surface area contributed by atoms with Gasteiger partial charge in [-0.1, -0.05) is 285 Å². The molecule has 0 saturated heterocycles. The van der Waals surface area contributed by atoms with Crippen LogP contribution in [0.25, 0.3) is 158 Å². The van der Waals surface area contributed by atoms with Gasteiger partial charge < -0.3 is 0 Å². The molecule has 10 nitrogen and oxygen atoms in total. The van der Waals surface area contributed by atoms with E-state index in [1.54, 1.807) is 12.7 Å². The van der Waals surface area contributed by atoms with Crippen molar-refractivity contribution in [2.45, 2.75) is 12.8 Å². The largest absolute Gasteiger partial charge is 0.236 e. The van der Waals surface area contributed by atoms with Crippen molar-refractivity contribution in [2.24, 2.45) is 0 Å². The molecule has 2 aliphatic carbocycles. The molecule has 12 aromatic carbocycles. The highest BCUT2D eigenvalue weighted by molar-refractivity contribution is 5.88. The fourth-order valence-electron chi connectivity index (χ4n) is 13.4. The lowest BCUT2D eigenvalue weighted by Gasteiger charge is -2.13. The van der Waals surface area contributed by atoms with Crippen molar-refractivity contribution in [1.29, 1.82) is 0 Å². The predicted octanol–water partition coefficient (Wildman–Crippen LogP) is 20.5. The molecule has 0 fully saturated rings. The van der Waals surface area contributed by atoms with E-state index in [2.05, 4.69) is 217 Å². The second-order valence-corrected chi connectivity index (χ2v) is 24.3. The van der Waals surface area contributed by atoms with Gasteiger partial charge in [-0.05, 0) is 86.0 Å². The van der Waals surface area contributed by atoms with Crippen LogP contribution in [-0.4, -0.2) is 49.8 Å². The van der Waals surface area contributed by atoms with Crippen LogP contribution in [0.3, 0.4) is 0 Å². The van der Waals surface area contributed by atoms with Gasteiger partial charge in [-0.15, -0.1) is 0 Å². The molecule has 460 valence electrons. The number of fused-ring (bicyclic) bond motifs is 6. The lowest BCUT2D eigenvalue weighted by atomic mass is 9.94. The monoisotopic (exact) mass is 1250 g/mol. The smallest absolute Gasteiger partial charge is 0.164 e. The molecule has 0 atom stereocenters. The number of rotatable bonds is 12. The molecule has 18 rings (SSSR count). The predicted molar refractivity (Wildman–Crippen MR) is 393 cm³/mol. The van der Waals surface area contributed by atoms with Gasteiger partial charge in [0, 0.05) is 79.6 Å². The van der Waals surface area contributed by atoms with Crippen molar-refractivity contribution in [3.05, 3.63) is 350 Å². The Morgan fingerprint density at radius 2 is 0.490 bits per heavy atom. The number of aromatic nitrogens is 10. The van der Waals surface area contributed by atoms with Crippen molar-refractivity contribution in [1.82, 2.24) is 49.8 Å². The number of hydrogen-bond acceptors (Lipinski definition) is 10. The zero-order valence-electron chi connectivity index (χ0n) is 53.1. The van der Waals surface area contributed by atoms with Gasteiger partial charge in [0.15, 0.2) is 34.9 Å². The molecule has 0 saturated carbocycles. The third kappa shape index (κ3) is 11.7. The van der Waals surface area contributed by atoms with Gasteiger partial charge in [0.25, 0.3) is 0 Å². The molecule has 4 heterocycles. The average Bonchev–Trinajstić information content (AvgIpc) is 1.55. The zero-order valence-corrected chi connectivity index (χ0v) is 53.1. The minimum absolute atomic E-state index is 0.608. The van der Waals surface area contributed by atoms with Crippen molar-refractivity contribution >= 4 is 0 Å². The standard InChI is InChI=1S/2C44H29N5/c1-4-13-29(14-5-1)32-19-10-21-34(25-32)43-47-42(31-17-8-3-9-18-31)48-44(49-43)35-22-11-20-33(26-35)40-39-27-38-36(30-15-6-2-7-16-30)23-12-24-37(38)41(39)46-28-45-40;1-4-12-29(13-5-1)35-24-36(30-20-22-31(23-21-30)40-39-27-34-18-10-11-19-38(34)41(39)46-28-45-40)26-37(25-35)44-48-42(32-14-6-2-7-15-32)47-43(49-44)33-16-8-3-9-17-33/h2*1-26,28H,27H2. The summed E-state index contributed by atoms with van der Waals surface area (Å²) in [5.74, 6) is 3.76. The highest BCUT2D eigenvalue weighted by Crippen LogP contribution is 2.45. The molecule has 4 aromatic heterocycles. The van der Waals surface area contributed by atoms with E-state index in [1.807, 2.05) is 103 Å². The Kier molecular flexibility index (Phi) is 15.5. The quantitative estimate of drug-likeness (QED) is 0.117. The van der Waals surface area contributed by atoms with Crippen LogP contribution in [0, 0.1) is 0 Å². The van der Waals surface area contributed by atoms with E-state index in [0.29, 0.717) is 34.9 Å². The van der Waals surface area contributed by atoms with Crippen molar-refractivity contribution in [2.75, 3.05) is 0 Å². The van der Waals surface area contributed by atoms with Crippen molar-refractivity contribution in [3.63, 3.8) is 0 Å². The molecular formula is C88H58N10. The molecule has 0 N–H and O–H groups in total. The maximum Gasteiger partial charge on any atom is 0.164 e. The first-order valence-electron chi connectivity index (χ1n) is 32.8. The highest BCUT2D eigenvalue weighted by atomic mass is 15.0. The van der Waals surface area contributed by atoms with E-state index in [1.165, 1.54) is 38.9 Å². The summed E-state index contributed by atoms with van der Waals surface area (Å²) in [5.41, 5.74) is 27.9. The SMILES string of the molecule is c1ccc(-c2cc(-c3ccc(-c4ncnc5c4Cc4ccccc4-5)cc3)cc(-c3nc(-c4ccccc4)nc(-c4ccccc4)n3)c2)cc1.c1ccc(-c2cccc(-c3nc(-c4ccccc4)nc(-c4cccc(-c5ncnc6c5Cc5c(-c7ccccc7)cccc5-6)c4)n3)c2)cc1. The van der Waals surface area contributed by atoms with Crippen LogP contribution in [0.5, 0.6) is 0 Å². The van der Waals surface area contributed by atoms with Crippen LogP contribution in [0.15, 0.2) is 328 Å². The fourth-order valence-corrected chi connectivity index (χ4v) is 13.4. The van der Waals surface area contributed by atoms with Crippen LogP contribution < -0.4 is 0 Å². The summed E-state index contributed by atoms with van der Waals surface area (Å²) >= 11 is 0. The highest BCUT2D eigenvalue weighted by Gasteiger charge is 2.28. The van der Waals surface area contributed by atoms with Gasteiger partial charge in [-0.3, -0.25) is 0 Å². The lowest BCUT2D eigenvalue weighted by molar-refractivity contribution is 1.07. The Bertz CT molecular complexity index is 5540. The summed E-state index contributed by atoms with van der Waals surface area (Å²) < 4.78 is 0. The van der Waals surface area contributed by atoms with E-state index < -0.39 is 0 Å². The lowest BCUT2D eigenvalue weighted by Crippen LogP contribution is -2.01. The van der Waals surface area contributed by atoms with E-state index in [0.717, 1.165) is 119 Å². The first-order valence-corrected chi connectivity index (χ1v) is 32.8. The maximum absolute atomic E-state index is 5.06. The van der Waals surface area contributed by atoms with Crippen molar-refractivity contribution < 1.29 is 0 Å². The third-order valence-electron chi connectivity index (χ3n) is 18.2. The first kappa shape index (κ1) is 58.6. The van der Waals surface area contributed by atoms with Crippen LogP contribution in [0.2, 0.25) is 0 Å². The van der Waals surface area contributed by atoms with Crippen LogP contribution >= 0.6 is 0 Å². The molecule has 0 amide bonds. The van der Waals surface area contributed by atoms with E-state index in [9.17, 15) is 0 Å². The molecule has 0 unspecified atom stereocenters. The summed E-state index contributed by atoms with van der Waals surface area (Å²) in [6.07, 6.45) is 4.97. The van der Waals surface area contributed by atoms with Crippen molar-refractivity contribution in [3.8, 4) is 158 Å². The fraction of sp³-hybridized carbons (Fsp3) is 0.0227. The summed E-state index contributed by atoms with van der Waals surface area (Å²) in [6, 6.07) is 109. The maximum atomic E-state index is 5.06. The van der Waals surface area contributed by atoms with Gasteiger partial charge in [-0.25, -0.2) is 49.8 Å². The van der Waals surface area contributed by atoms with E-state index in [-0.39, 0.29) is 0 Å². The van der Waals surface area contributed by atoms with Gasteiger partial charge in [0.1, 0.15) is 12.7 Å². The summed E-state index contributed by atoms with van der Waals surface area (Å²) in [6.45, 7) is 0. The van der Waals surface area contributed by atoms with Gasteiger partial charge in [0.2, 0.25) is 0 Å². The van der Waals surface area contributed by atoms with E-state index >= 15 is 0 Å². The second kappa shape index (κ2) is 26.0. The van der Waals surface area contributed by atoms with Crippen LogP contribution in [-0.2, 0) is 12.8 Å². The Labute approximate surface area is 567 Å². The number of hydrogen-bond donors (Lipinski definition) is 0. The Morgan fingerprint density at radius 1 is 0.173 bits per heavy atom. The van der Waals surface area contributed by atoms with Crippen LogP contribution in [0.4, 0.5) is 0 Å². The molecule has 0 aliphatic heterocycles. The molecule has 10 heteroatoms. The minimum Gasteiger partial charge on any atom is -0.236 e. The second-order valence-electron chi connectivity index (χ2n) is 24.3. The molecular weight excluding hydrogens is 1200 g/mol. The van der Waals surface area contributed by atoms with Crippen LogP contribution in [0.1, 0.15) is 22.3 Å².